The standard InChI is InChI=1S/C16H12ClN3O4/c17-12-4-3-11(20(23)24)6-10(12)7-18-19-15(21)13-8-1-2-9(5-8)14(13)16(19)22/h1-4,6-9,13-14H,5H2/b18-7-/t8-,9+,13-,14-/m0/s1. The van der Waals surface area contributed by atoms with Gasteiger partial charge in [0.1, 0.15) is 0 Å². The largest absolute Gasteiger partial charge is 0.272 e. The second-order valence-electron chi connectivity index (χ2n) is 6.20. The van der Waals surface area contributed by atoms with Crippen LogP contribution in [-0.2, 0) is 9.59 Å². The van der Waals surface area contributed by atoms with Gasteiger partial charge in [-0.25, -0.2) is 0 Å². The molecule has 24 heavy (non-hydrogen) atoms. The first-order chi connectivity index (χ1) is 11.5. The van der Waals surface area contributed by atoms with Gasteiger partial charge in [-0.3, -0.25) is 19.7 Å². The number of carbonyl (C=O) groups excluding carboxylic acids is 2. The van der Waals surface area contributed by atoms with Crippen molar-refractivity contribution in [3.8, 4) is 0 Å². The lowest BCUT2D eigenvalue weighted by atomic mass is 9.85. The van der Waals surface area contributed by atoms with Crippen molar-refractivity contribution in [2.24, 2.45) is 28.8 Å². The molecule has 0 spiro atoms. The van der Waals surface area contributed by atoms with Crippen molar-refractivity contribution in [2.75, 3.05) is 0 Å². The molecule has 1 heterocycles. The topological polar surface area (TPSA) is 92.9 Å². The van der Waals surface area contributed by atoms with E-state index in [9.17, 15) is 19.7 Å². The van der Waals surface area contributed by atoms with Gasteiger partial charge in [0.05, 0.1) is 23.0 Å². The molecule has 4 atom stereocenters. The smallest absolute Gasteiger partial charge is 0.270 e. The Bertz CT molecular complexity index is 805. The summed E-state index contributed by atoms with van der Waals surface area (Å²) in [5, 5.41) is 15.9. The van der Waals surface area contributed by atoms with Crippen LogP contribution in [0.1, 0.15) is 12.0 Å². The number of amides is 2. The van der Waals surface area contributed by atoms with E-state index in [1.54, 1.807) is 0 Å². The number of allylic oxidation sites excluding steroid dienone is 2. The van der Waals surface area contributed by atoms with Crippen molar-refractivity contribution in [3.63, 3.8) is 0 Å². The Hall–Kier alpha value is -2.54. The Labute approximate surface area is 141 Å². The number of hydrogen-bond acceptors (Lipinski definition) is 5. The van der Waals surface area contributed by atoms with Gasteiger partial charge in [-0.2, -0.15) is 10.1 Å². The molecule has 0 unspecified atom stereocenters. The third-order valence-electron chi connectivity index (χ3n) is 4.95. The van der Waals surface area contributed by atoms with Gasteiger partial charge < -0.3 is 0 Å². The first-order valence-corrected chi connectivity index (χ1v) is 7.89. The van der Waals surface area contributed by atoms with E-state index < -0.39 is 4.92 Å². The second-order valence-corrected chi connectivity index (χ2v) is 6.60. The average molecular weight is 346 g/mol. The molecule has 1 aliphatic heterocycles. The minimum absolute atomic E-state index is 0.109. The highest BCUT2D eigenvalue weighted by atomic mass is 35.5. The summed E-state index contributed by atoms with van der Waals surface area (Å²) in [7, 11) is 0. The summed E-state index contributed by atoms with van der Waals surface area (Å²) in [6, 6.07) is 3.91. The van der Waals surface area contributed by atoms with Crippen LogP contribution in [0.3, 0.4) is 0 Å². The van der Waals surface area contributed by atoms with E-state index in [2.05, 4.69) is 5.10 Å². The summed E-state index contributed by atoms with van der Waals surface area (Å²) in [6.07, 6.45) is 6.08. The van der Waals surface area contributed by atoms with Crippen LogP contribution in [0.2, 0.25) is 5.02 Å². The Morgan fingerprint density at radius 1 is 1.21 bits per heavy atom. The maximum Gasteiger partial charge on any atom is 0.270 e. The van der Waals surface area contributed by atoms with Crippen LogP contribution < -0.4 is 0 Å². The van der Waals surface area contributed by atoms with Gasteiger partial charge in [-0.05, 0) is 24.3 Å². The predicted octanol–water partition coefficient (Wildman–Crippen LogP) is 2.39. The molecule has 2 bridgehead atoms. The van der Waals surface area contributed by atoms with Gasteiger partial charge in [-0.1, -0.05) is 23.8 Å². The van der Waals surface area contributed by atoms with Crippen LogP contribution in [0.4, 0.5) is 5.69 Å². The van der Waals surface area contributed by atoms with Gasteiger partial charge in [-0.15, -0.1) is 0 Å². The Kier molecular flexibility index (Phi) is 3.28. The van der Waals surface area contributed by atoms with Crippen LogP contribution in [0.25, 0.3) is 0 Å². The fourth-order valence-electron chi connectivity index (χ4n) is 3.86. The highest BCUT2D eigenvalue weighted by molar-refractivity contribution is 6.33. The monoisotopic (exact) mass is 345 g/mol. The number of halogens is 1. The highest BCUT2D eigenvalue weighted by Crippen LogP contribution is 2.52. The Morgan fingerprint density at radius 3 is 2.42 bits per heavy atom. The number of imide groups is 1. The Morgan fingerprint density at radius 2 is 1.83 bits per heavy atom. The van der Waals surface area contributed by atoms with E-state index in [-0.39, 0.29) is 51.8 Å². The molecule has 1 saturated carbocycles. The van der Waals surface area contributed by atoms with Crippen molar-refractivity contribution in [2.45, 2.75) is 6.42 Å². The summed E-state index contributed by atoms with van der Waals surface area (Å²) in [4.78, 5) is 35.3. The van der Waals surface area contributed by atoms with Gasteiger partial charge >= 0.3 is 0 Å². The minimum Gasteiger partial charge on any atom is -0.272 e. The number of rotatable bonds is 3. The SMILES string of the molecule is O=C1[C@@H]2[C@@H](C(=O)N1/N=C\c1cc([N+](=O)[O-])ccc1Cl)[C@H]1C=C[C@@H]2C1. The van der Waals surface area contributed by atoms with Gasteiger partial charge in [0, 0.05) is 22.7 Å². The van der Waals surface area contributed by atoms with Crippen LogP contribution in [0, 0.1) is 33.8 Å². The molecule has 2 fully saturated rings. The number of nitro groups is 1. The number of non-ortho nitro benzene ring substituents is 1. The van der Waals surface area contributed by atoms with Crippen molar-refractivity contribution in [1.82, 2.24) is 5.01 Å². The van der Waals surface area contributed by atoms with Crippen LogP contribution in [0.5, 0.6) is 0 Å². The lowest BCUT2D eigenvalue weighted by Crippen LogP contribution is -2.28. The van der Waals surface area contributed by atoms with E-state index >= 15 is 0 Å². The average Bonchev–Trinajstić information content (AvgIpc) is 3.22. The van der Waals surface area contributed by atoms with E-state index in [1.807, 2.05) is 12.2 Å². The lowest BCUT2D eigenvalue weighted by Gasteiger charge is -2.13. The van der Waals surface area contributed by atoms with Crippen LogP contribution in [0.15, 0.2) is 35.5 Å². The number of fused-ring (bicyclic) bond motifs is 5. The first-order valence-electron chi connectivity index (χ1n) is 7.51. The zero-order valence-electron chi connectivity index (χ0n) is 12.3. The molecule has 122 valence electrons. The first kappa shape index (κ1) is 15.0. The van der Waals surface area contributed by atoms with Gasteiger partial charge in [0.15, 0.2) is 0 Å². The summed E-state index contributed by atoms with van der Waals surface area (Å²) in [5.41, 5.74) is 0.142. The van der Waals surface area contributed by atoms with E-state index in [4.69, 9.17) is 11.6 Å². The number of hydrogen-bond donors (Lipinski definition) is 0. The number of carbonyl (C=O) groups is 2. The fraction of sp³-hybridized carbons (Fsp3) is 0.312. The second kappa shape index (κ2) is 5.24. The van der Waals surface area contributed by atoms with Crippen molar-refractivity contribution >= 4 is 35.3 Å². The molecule has 1 aromatic carbocycles. The highest BCUT2D eigenvalue weighted by Gasteiger charge is 2.59. The zero-order chi connectivity index (χ0) is 17.0. The third-order valence-corrected chi connectivity index (χ3v) is 5.29. The maximum atomic E-state index is 12.5. The third kappa shape index (κ3) is 2.08. The predicted molar refractivity (Wildman–Crippen MR) is 85.3 cm³/mol. The number of benzene rings is 1. The van der Waals surface area contributed by atoms with Crippen molar-refractivity contribution in [3.05, 3.63) is 51.1 Å². The Balaban J connectivity index is 1.61. The van der Waals surface area contributed by atoms with Crippen LogP contribution >= 0.6 is 11.6 Å². The molecule has 0 aromatic heterocycles. The number of nitrogens with zero attached hydrogens (tertiary/aromatic N) is 3. The van der Waals surface area contributed by atoms with Gasteiger partial charge in [0.2, 0.25) is 0 Å². The molecule has 2 amide bonds. The van der Waals surface area contributed by atoms with E-state index in [0.29, 0.717) is 0 Å². The molecule has 1 saturated heterocycles. The summed E-state index contributed by atoms with van der Waals surface area (Å²) in [6.45, 7) is 0. The van der Waals surface area contributed by atoms with E-state index in [1.165, 1.54) is 24.4 Å². The molecule has 4 rings (SSSR count). The summed E-state index contributed by atoms with van der Waals surface area (Å²) >= 11 is 6.00. The molecule has 0 N–H and O–H groups in total. The molecule has 8 heteroatoms. The fourth-order valence-corrected chi connectivity index (χ4v) is 4.03. The number of nitro benzene ring substituents is 1. The van der Waals surface area contributed by atoms with Crippen molar-refractivity contribution < 1.29 is 14.5 Å². The maximum absolute atomic E-state index is 12.5. The summed E-state index contributed by atoms with van der Waals surface area (Å²) in [5.74, 6) is -1.05. The normalized spacial score (nSPS) is 30.6. The van der Waals surface area contributed by atoms with Crippen LogP contribution in [-0.4, -0.2) is 28.0 Å². The number of hydrazone groups is 1. The van der Waals surface area contributed by atoms with Gasteiger partial charge in [0.25, 0.3) is 17.5 Å². The molecule has 7 nitrogen and oxygen atoms in total. The summed E-state index contributed by atoms with van der Waals surface area (Å²) < 4.78 is 0. The molecule has 1 aromatic rings. The molecule has 3 aliphatic rings. The minimum atomic E-state index is -0.548. The van der Waals surface area contributed by atoms with Crippen molar-refractivity contribution in [1.29, 1.82) is 0 Å². The van der Waals surface area contributed by atoms with E-state index in [0.717, 1.165) is 11.4 Å². The lowest BCUT2D eigenvalue weighted by molar-refractivity contribution is -0.384. The molecular weight excluding hydrogens is 334 g/mol. The molecular formula is C16H12ClN3O4. The molecule has 2 aliphatic carbocycles. The quantitative estimate of drug-likeness (QED) is 0.276. The zero-order valence-corrected chi connectivity index (χ0v) is 13.1. The molecule has 0 radical (unpaired) electrons.